The number of hydrogen-bond donors (Lipinski definition) is 2. The SMILES string of the molecule is Cc1ccc(-c2ccc(C(=O)N(C)c3ccc(N4CCC(N(C)C)C4)c(F)c3)o2)c([NH+]([O-])O)c1.[HH]. The van der Waals surface area contributed by atoms with Crippen molar-refractivity contribution in [2.24, 2.45) is 0 Å². The number of rotatable bonds is 6. The van der Waals surface area contributed by atoms with E-state index in [9.17, 15) is 19.6 Å². The van der Waals surface area contributed by atoms with E-state index < -0.39 is 11.1 Å². The molecule has 1 saturated heterocycles. The molecule has 1 fully saturated rings. The molecular weight excluding hydrogens is 439 g/mol. The van der Waals surface area contributed by atoms with E-state index >= 15 is 0 Å². The van der Waals surface area contributed by atoms with Crippen molar-refractivity contribution in [1.82, 2.24) is 4.90 Å². The molecule has 182 valence electrons. The Morgan fingerprint density at radius 2 is 1.97 bits per heavy atom. The lowest BCUT2D eigenvalue weighted by Gasteiger charge is -2.23. The average Bonchev–Trinajstić information content (AvgIpc) is 3.48. The van der Waals surface area contributed by atoms with Crippen LogP contribution in [0.15, 0.2) is 52.9 Å². The van der Waals surface area contributed by atoms with E-state index in [-0.39, 0.29) is 24.5 Å². The Kier molecular flexibility index (Phi) is 6.72. The fourth-order valence-corrected chi connectivity index (χ4v) is 4.27. The summed E-state index contributed by atoms with van der Waals surface area (Å²) < 4.78 is 20.7. The number of benzene rings is 2. The fraction of sp³-hybridized carbons (Fsp3) is 0.320. The smallest absolute Gasteiger partial charge is 0.293 e. The van der Waals surface area contributed by atoms with Crippen molar-refractivity contribution in [3.8, 4) is 11.3 Å². The van der Waals surface area contributed by atoms with Crippen LogP contribution < -0.4 is 15.0 Å². The molecule has 8 nitrogen and oxygen atoms in total. The van der Waals surface area contributed by atoms with Gasteiger partial charge in [0.15, 0.2) is 11.4 Å². The summed E-state index contributed by atoms with van der Waals surface area (Å²) in [5.41, 5.74) is 2.21. The summed E-state index contributed by atoms with van der Waals surface area (Å²) in [4.78, 5) is 18.5. The second kappa shape index (κ2) is 9.55. The van der Waals surface area contributed by atoms with Gasteiger partial charge < -0.3 is 24.3 Å². The summed E-state index contributed by atoms with van der Waals surface area (Å²) in [6, 6.07) is 13.2. The van der Waals surface area contributed by atoms with Gasteiger partial charge >= 0.3 is 0 Å². The molecule has 0 bridgehead atoms. The number of quaternary nitrogens is 1. The maximum atomic E-state index is 15.0. The maximum Gasteiger partial charge on any atom is 0.293 e. The second-order valence-electron chi connectivity index (χ2n) is 8.87. The number of anilines is 2. The zero-order chi connectivity index (χ0) is 24.6. The van der Waals surface area contributed by atoms with Crippen LogP contribution in [0.1, 0.15) is 24.0 Å². The van der Waals surface area contributed by atoms with E-state index in [4.69, 9.17) is 4.42 Å². The van der Waals surface area contributed by atoms with Crippen LogP contribution in [0.3, 0.4) is 0 Å². The number of nitrogens with one attached hydrogen (secondary N) is 1. The van der Waals surface area contributed by atoms with E-state index in [1.807, 2.05) is 19.0 Å². The minimum absolute atomic E-state index is 0. The Labute approximate surface area is 199 Å². The maximum absolute atomic E-state index is 15.0. The van der Waals surface area contributed by atoms with Crippen molar-refractivity contribution in [2.75, 3.05) is 44.0 Å². The molecule has 2 aromatic carbocycles. The van der Waals surface area contributed by atoms with Crippen LogP contribution >= 0.6 is 0 Å². The monoisotopic (exact) mass is 470 g/mol. The van der Waals surface area contributed by atoms with Gasteiger partial charge in [0, 0.05) is 39.4 Å². The molecule has 1 aromatic heterocycles. The fourth-order valence-electron chi connectivity index (χ4n) is 4.27. The molecule has 0 aliphatic carbocycles. The first-order valence-electron chi connectivity index (χ1n) is 11.1. The number of furan rings is 1. The van der Waals surface area contributed by atoms with Crippen molar-refractivity contribution in [3.63, 3.8) is 0 Å². The molecule has 0 radical (unpaired) electrons. The summed E-state index contributed by atoms with van der Waals surface area (Å²) in [5, 5.41) is 20.1. The van der Waals surface area contributed by atoms with Gasteiger partial charge in [0.05, 0.1) is 11.3 Å². The Morgan fingerprint density at radius 3 is 2.62 bits per heavy atom. The van der Waals surface area contributed by atoms with Crippen LogP contribution in [0, 0.1) is 17.9 Å². The number of amides is 1. The van der Waals surface area contributed by atoms with Gasteiger partial charge in [-0.05, 0) is 69.4 Å². The molecule has 9 heteroatoms. The Balaban J connectivity index is 0.00000342. The van der Waals surface area contributed by atoms with E-state index in [0.717, 1.165) is 25.1 Å². The van der Waals surface area contributed by atoms with Gasteiger partial charge in [0.25, 0.3) is 5.91 Å². The first kappa shape index (κ1) is 23.9. The highest BCUT2D eigenvalue weighted by Crippen LogP contribution is 2.31. The number of hydrogen-bond acceptors (Lipinski definition) is 6. The average molecular weight is 471 g/mol. The Morgan fingerprint density at radius 1 is 1.21 bits per heavy atom. The molecule has 2 atom stereocenters. The van der Waals surface area contributed by atoms with Gasteiger partial charge in [-0.1, -0.05) is 6.07 Å². The number of carbonyl (C=O) groups excluding carboxylic acids is 1. The Hall–Kier alpha value is -3.24. The van der Waals surface area contributed by atoms with E-state index in [1.54, 1.807) is 50.4 Å². The molecule has 1 aliphatic rings. The highest BCUT2D eigenvalue weighted by atomic mass is 19.1. The summed E-state index contributed by atoms with van der Waals surface area (Å²) in [5.74, 6) is -0.536. The van der Waals surface area contributed by atoms with Crippen LogP contribution in [-0.2, 0) is 0 Å². The third-order valence-electron chi connectivity index (χ3n) is 6.35. The number of halogens is 1. The van der Waals surface area contributed by atoms with E-state index in [0.29, 0.717) is 23.0 Å². The first-order chi connectivity index (χ1) is 16.2. The zero-order valence-electron chi connectivity index (χ0n) is 19.7. The highest BCUT2D eigenvalue weighted by Gasteiger charge is 2.27. The second-order valence-corrected chi connectivity index (χ2v) is 8.87. The summed E-state index contributed by atoms with van der Waals surface area (Å²) >= 11 is 0. The molecule has 0 saturated carbocycles. The molecule has 2 N–H and O–H groups in total. The van der Waals surface area contributed by atoms with Crippen LogP contribution in [-0.4, -0.2) is 56.3 Å². The van der Waals surface area contributed by atoms with Crippen molar-refractivity contribution in [2.45, 2.75) is 19.4 Å². The van der Waals surface area contributed by atoms with Gasteiger partial charge in [-0.25, -0.2) is 9.60 Å². The molecule has 2 unspecified atom stereocenters. The van der Waals surface area contributed by atoms with Crippen LogP contribution in [0.5, 0.6) is 0 Å². The molecule has 2 heterocycles. The third-order valence-corrected chi connectivity index (χ3v) is 6.35. The molecule has 34 heavy (non-hydrogen) atoms. The van der Waals surface area contributed by atoms with Crippen LogP contribution in [0.4, 0.5) is 21.5 Å². The molecule has 3 aromatic rings. The number of likely N-dealkylation sites (N-methyl/N-ethyl adjacent to an activating group) is 1. The lowest BCUT2D eigenvalue weighted by Crippen LogP contribution is -2.99. The van der Waals surface area contributed by atoms with Crippen molar-refractivity contribution in [1.29, 1.82) is 0 Å². The molecular formula is C25H31FN4O4. The van der Waals surface area contributed by atoms with Crippen molar-refractivity contribution < 1.29 is 25.5 Å². The Bertz CT molecular complexity index is 1200. The van der Waals surface area contributed by atoms with Gasteiger partial charge in [-0.3, -0.25) is 4.79 Å². The number of nitrogens with zero attached hydrogens (tertiary/aromatic N) is 3. The molecule has 4 rings (SSSR count). The highest BCUT2D eigenvalue weighted by molar-refractivity contribution is 6.04. The lowest BCUT2D eigenvalue weighted by atomic mass is 10.1. The third kappa shape index (κ3) is 4.69. The lowest BCUT2D eigenvalue weighted by molar-refractivity contribution is -0.991. The van der Waals surface area contributed by atoms with Gasteiger partial charge in [-0.15, -0.1) is 0 Å². The van der Waals surface area contributed by atoms with Crippen molar-refractivity contribution >= 4 is 23.0 Å². The van der Waals surface area contributed by atoms with E-state index in [2.05, 4.69) is 4.90 Å². The number of carbonyl (C=O) groups is 1. The van der Waals surface area contributed by atoms with Crippen molar-refractivity contribution in [3.05, 3.63) is 70.9 Å². The normalized spacial score (nSPS) is 16.8. The quantitative estimate of drug-likeness (QED) is 0.537. The zero-order valence-corrected chi connectivity index (χ0v) is 19.7. The van der Waals surface area contributed by atoms with E-state index in [1.165, 1.54) is 17.0 Å². The minimum Gasteiger partial charge on any atom is -0.595 e. The summed E-state index contributed by atoms with van der Waals surface area (Å²) in [7, 11) is 5.59. The minimum atomic E-state index is -1.08. The predicted octanol–water partition coefficient (Wildman–Crippen LogP) is 3.46. The van der Waals surface area contributed by atoms with Gasteiger partial charge in [-0.2, -0.15) is 5.23 Å². The summed E-state index contributed by atoms with van der Waals surface area (Å²) in [6.07, 6.45) is 0.970. The van der Waals surface area contributed by atoms with Crippen LogP contribution in [0.2, 0.25) is 0 Å². The molecule has 0 spiro atoms. The van der Waals surface area contributed by atoms with Gasteiger partial charge in [0.2, 0.25) is 0 Å². The number of aryl methyl sites for hydroxylation is 1. The standard InChI is InChI=1S/C25H29FN4O4.H2/c1-16-5-7-19(22(13-16)30(32)33)23-9-10-24(34-23)25(31)28(4)17-6-8-21(20(26)14-17)29-12-11-18(15-29)27(2)3;/h5-10,13-14,18,30,32H,11-12,15H2,1-4H3;1H. The predicted molar refractivity (Wildman–Crippen MR) is 130 cm³/mol. The van der Waals surface area contributed by atoms with Crippen LogP contribution in [0.25, 0.3) is 11.3 Å². The summed E-state index contributed by atoms with van der Waals surface area (Å²) in [6.45, 7) is 3.34. The van der Waals surface area contributed by atoms with Gasteiger partial charge in [0.1, 0.15) is 11.6 Å². The molecule has 1 amide bonds. The largest absolute Gasteiger partial charge is 0.595 e. The topological polar surface area (TPSA) is 87.7 Å². The molecule has 1 aliphatic heterocycles. The first-order valence-corrected chi connectivity index (χ1v) is 11.1.